The molecule has 2 aromatic heterocycles. The van der Waals surface area contributed by atoms with Crippen LogP contribution in [-0.2, 0) is 0 Å². The van der Waals surface area contributed by atoms with Crippen LogP contribution in [0.15, 0.2) is 36.5 Å². The van der Waals surface area contributed by atoms with Crippen LogP contribution in [0.3, 0.4) is 0 Å². The van der Waals surface area contributed by atoms with E-state index in [2.05, 4.69) is 32.6 Å². The normalized spacial score (nSPS) is 11.0. The second-order valence-corrected chi connectivity index (χ2v) is 5.33. The molecular formula is C13H11IN4. The third-order valence-corrected chi connectivity index (χ3v) is 3.58. The average Bonchev–Trinajstić information content (AvgIpc) is 2.69. The molecule has 3 aromatic rings. The molecule has 0 radical (unpaired) electrons. The molecule has 0 atom stereocenters. The van der Waals surface area contributed by atoms with Gasteiger partial charge in [-0.05, 0) is 65.4 Å². The standard InChI is InChI=1S/C13H11IN4/c1-8-6-7-16-12-11(8)17-13(15)18(12)10-4-2-9(14)3-5-10/h2-7H,1H3,(H2,15,17). The molecule has 0 aliphatic carbocycles. The lowest BCUT2D eigenvalue weighted by molar-refractivity contribution is 1.08. The summed E-state index contributed by atoms with van der Waals surface area (Å²) in [6, 6.07) is 10.0. The monoisotopic (exact) mass is 350 g/mol. The van der Waals surface area contributed by atoms with Crippen LogP contribution < -0.4 is 5.73 Å². The molecule has 0 fully saturated rings. The molecule has 0 saturated carbocycles. The molecule has 0 saturated heterocycles. The zero-order valence-electron chi connectivity index (χ0n) is 9.76. The summed E-state index contributed by atoms with van der Waals surface area (Å²) in [7, 11) is 0. The number of aryl methyl sites for hydroxylation is 1. The summed E-state index contributed by atoms with van der Waals surface area (Å²) >= 11 is 2.27. The first-order chi connectivity index (χ1) is 8.66. The minimum Gasteiger partial charge on any atom is -0.369 e. The molecule has 0 spiro atoms. The summed E-state index contributed by atoms with van der Waals surface area (Å²) in [4.78, 5) is 8.77. The molecule has 0 aliphatic heterocycles. The molecular weight excluding hydrogens is 339 g/mol. The fourth-order valence-electron chi connectivity index (χ4n) is 1.96. The van der Waals surface area contributed by atoms with Crippen molar-refractivity contribution in [3.05, 3.63) is 45.7 Å². The van der Waals surface area contributed by atoms with Crippen LogP contribution in [-0.4, -0.2) is 14.5 Å². The maximum atomic E-state index is 6.00. The number of benzene rings is 1. The molecule has 0 unspecified atom stereocenters. The van der Waals surface area contributed by atoms with Crippen molar-refractivity contribution in [3.63, 3.8) is 0 Å². The van der Waals surface area contributed by atoms with Gasteiger partial charge in [0.1, 0.15) is 5.52 Å². The van der Waals surface area contributed by atoms with E-state index < -0.39 is 0 Å². The molecule has 0 bridgehead atoms. The summed E-state index contributed by atoms with van der Waals surface area (Å²) in [6.45, 7) is 2.01. The van der Waals surface area contributed by atoms with Gasteiger partial charge < -0.3 is 5.73 Å². The summed E-state index contributed by atoms with van der Waals surface area (Å²) < 4.78 is 3.06. The molecule has 4 nitrogen and oxygen atoms in total. The van der Waals surface area contributed by atoms with E-state index in [1.54, 1.807) is 6.20 Å². The zero-order chi connectivity index (χ0) is 12.7. The van der Waals surface area contributed by atoms with Gasteiger partial charge in [0.25, 0.3) is 0 Å². The van der Waals surface area contributed by atoms with Gasteiger partial charge in [-0.25, -0.2) is 9.97 Å². The predicted octanol–water partition coefficient (Wildman–Crippen LogP) is 2.92. The molecule has 0 aliphatic rings. The second-order valence-electron chi connectivity index (χ2n) is 4.08. The molecule has 1 aromatic carbocycles. The van der Waals surface area contributed by atoms with Crippen LogP contribution in [0.25, 0.3) is 16.9 Å². The van der Waals surface area contributed by atoms with Crippen molar-refractivity contribution in [2.24, 2.45) is 0 Å². The van der Waals surface area contributed by atoms with Crippen molar-refractivity contribution in [1.82, 2.24) is 14.5 Å². The highest BCUT2D eigenvalue weighted by molar-refractivity contribution is 14.1. The number of fused-ring (bicyclic) bond motifs is 1. The van der Waals surface area contributed by atoms with E-state index in [4.69, 9.17) is 5.73 Å². The largest absolute Gasteiger partial charge is 0.369 e. The number of pyridine rings is 1. The van der Waals surface area contributed by atoms with E-state index in [1.165, 1.54) is 3.57 Å². The summed E-state index contributed by atoms with van der Waals surface area (Å²) in [5, 5.41) is 0. The van der Waals surface area contributed by atoms with Gasteiger partial charge in [0.15, 0.2) is 5.65 Å². The third kappa shape index (κ3) is 1.74. The van der Waals surface area contributed by atoms with Crippen LogP contribution in [0.1, 0.15) is 5.56 Å². The van der Waals surface area contributed by atoms with Gasteiger partial charge in [0, 0.05) is 9.77 Å². The van der Waals surface area contributed by atoms with Crippen molar-refractivity contribution in [1.29, 1.82) is 0 Å². The van der Waals surface area contributed by atoms with Gasteiger partial charge in [-0.3, -0.25) is 4.57 Å². The number of aromatic nitrogens is 3. The molecule has 90 valence electrons. The zero-order valence-corrected chi connectivity index (χ0v) is 11.9. The summed E-state index contributed by atoms with van der Waals surface area (Å²) in [5.74, 6) is 0.466. The van der Waals surface area contributed by atoms with Crippen LogP contribution in [0.4, 0.5) is 5.95 Å². The fourth-order valence-corrected chi connectivity index (χ4v) is 2.32. The number of hydrogen-bond acceptors (Lipinski definition) is 3. The van der Waals surface area contributed by atoms with Crippen LogP contribution >= 0.6 is 22.6 Å². The van der Waals surface area contributed by atoms with E-state index in [0.29, 0.717) is 5.95 Å². The van der Waals surface area contributed by atoms with Gasteiger partial charge in [-0.2, -0.15) is 0 Å². The van der Waals surface area contributed by atoms with E-state index in [1.807, 2.05) is 41.8 Å². The van der Waals surface area contributed by atoms with Crippen molar-refractivity contribution >= 4 is 39.7 Å². The first-order valence-corrected chi connectivity index (χ1v) is 6.60. The highest BCUT2D eigenvalue weighted by Gasteiger charge is 2.12. The van der Waals surface area contributed by atoms with E-state index in [-0.39, 0.29) is 0 Å². The predicted molar refractivity (Wildman–Crippen MR) is 80.7 cm³/mol. The number of nitrogens with two attached hydrogens (primary N) is 1. The van der Waals surface area contributed by atoms with Crippen LogP contribution in [0.5, 0.6) is 0 Å². The van der Waals surface area contributed by atoms with Crippen LogP contribution in [0.2, 0.25) is 0 Å². The smallest absolute Gasteiger partial charge is 0.207 e. The first-order valence-electron chi connectivity index (χ1n) is 5.52. The Morgan fingerprint density at radius 1 is 1.17 bits per heavy atom. The van der Waals surface area contributed by atoms with E-state index in [9.17, 15) is 0 Å². The maximum absolute atomic E-state index is 6.00. The number of nitrogens with zero attached hydrogens (tertiary/aromatic N) is 3. The van der Waals surface area contributed by atoms with Gasteiger partial charge in [-0.1, -0.05) is 0 Å². The highest BCUT2D eigenvalue weighted by atomic mass is 127. The second kappa shape index (κ2) is 4.24. The lowest BCUT2D eigenvalue weighted by atomic mass is 10.2. The van der Waals surface area contributed by atoms with E-state index in [0.717, 1.165) is 22.4 Å². The SMILES string of the molecule is Cc1ccnc2c1nc(N)n2-c1ccc(I)cc1. The Morgan fingerprint density at radius 3 is 2.61 bits per heavy atom. The molecule has 5 heteroatoms. The Balaban J connectivity index is 2.32. The molecule has 2 heterocycles. The van der Waals surface area contributed by atoms with Gasteiger partial charge in [0.2, 0.25) is 5.95 Å². The van der Waals surface area contributed by atoms with Crippen molar-refractivity contribution in [3.8, 4) is 5.69 Å². The number of nitrogen functional groups attached to an aromatic ring is 1. The highest BCUT2D eigenvalue weighted by Crippen LogP contribution is 2.23. The van der Waals surface area contributed by atoms with E-state index >= 15 is 0 Å². The first kappa shape index (κ1) is 11.5. The number of hydrogen-bond donors (Lipinski definition) is 1. The van der Waals surface area contributed by atoms with Crippen molar-refractivity contribution < 1.29 is 0 Å². The Morgan fingerprint density at radius 2 is 1.89 bits per heavy atom. The van der Waals surface area contributed by atoms with Gasteiger partial charge >= 0.3 is 0 Å². The van der Waals surface area contributed by atoms with Gasteiger partial charge in [-0.15, -0.1) is 0 Å². The minimum absolute atomic E-state index is 0.466. The number of rotatable bonds is 1. The lowest BCUT2D eigenvalue weighted by Crippen LogP contribution is -2.01. The Kier molecular flexibility index (Phi) is 2.70. The lowest BCUT2D eigenvalue weighted by Gasteiger charge is -2.05. The maximum Gasteiger partial charge on any atom is 0.207 e. The molecule has 3 rings (SSSR count). The topological polar surface area (TPSA) is 56.7 Å². The Bertz CT molecular complexity index is 716. The number of imidazole rings is 1. The average molecular weight is 350 g/mol. The van der Waals surface area contributed by atoms with Gasteiger partial charge in [0.05, 0.1) is 5.69 Å². The number of halogens is 1. The Hall–Kier alpha value is -1.63. The van der Waals surface area contributed by atoms with Crippen molar-refractivity contribution in [2.45, 2.75) is 6.92 Å². The summed E-state index contributed by atoms with van der Waals surface area (Å²) in [6.07, 6.45) is 1.78. The minimum atomic E-state index is 0.466. The van der Waals surface area contributed by atoms with Crippen molar-refractivity contribution in [2.75, 3.05) is 5.73 Å². The molecule has 2 N–H and O–H groups in total. The quantitative estimate of drug-likeness (QED) is 0.687. The fraction of sp³-hybridized carbons (Fsp3) is 0.0769. The molecule has 0 amide bonds. The van der Waals surface area contributed by atoms with Crippen LogP contribution in [0, 0.1) is 10.5 Å². The molecule has 18 heavy (non-hydrogen) atoms. The number of anilines is 1. The Labute approximate surface area is 118 Å². The third-order valence-electron chi connectivity index (χ3n) is 2.86. The summed E-state index contributed by atoms with van der Waals surface area (Å²) in [5.41, 5.74) is 9.72.